The zero-order valence-corrected chi connectivity index (χ0v) is 18.6. The van der Waals surface area contributed by atoms with Crippen LogP contribution in [0.1, 0.15) is 43.7 Å². The van der Waals surface area contributed by atoms with Crippen molar-refractivity contribution in [1.29, 1.82) is 0 Å². The van der Waals surface area contributed by atoms with Crippen molar-refractivity contribution in [2.45, 2.75) is 18.5 Å². The molecule has 33 heavy (non-hydrogen) atoms. The Labute approximate surface area is 200 Å². The third-order valence-corrected chi connectivity index (χ3v) is 6.36. The van der Waals surface area contributed by atoms with Crippen LogP contribution in [0.4, 0.5) is 4.39 Å². The molecule has 0 saturated heterocycles. The lowest BCUT2D eigenvalue weighted by Gasteiger charge is -2.40. The SMILES string of the molecule is O=C(O)c1cc(Cl)c(Cl)cc1C(=O)N1C(c2cccc(Cl)c2F)c2[nH]cnc2C[C@H]1C(=O)O. The van der Waals surface area contributed by atoms with Crippen LogP contribution in [0, 0.1) is 5.82 Å². The molecule has 1 aliphatic heterocycles. The number of hydrogen-bond acceptors (Lipinski definition) is 4. The van der Waals surface area contributed by atoms with E-state index in [1.165, 1.54) is 24.5 Å². The fourth-order valence-electron chi connectivity index (χ4n) is 3.87. The van der Waals surface area contributed by atoms with Gasteiger partial charge in [0.25, 0.3) is 5.91 Å². The standard InChI is InChI=1S/C21H13Cl3FN3O5/c22-11-3-1-2-8(16(11)25)18-17-14(26-7-27-17)6-15(21(32)33)28(18)19(29)9-4-12(23)13(24)5-10(9)20(30)31/h1-5,7,15,18H,6H2,(H,26,27)(H,30,31)(H,32,33)/t15-,18?/m0/s1. The van der Waals surface area contributed by atoms with E-state index in [0.29, 0.717) is 5.69 Å². The number of benzene rings is 2. The van der Waals surface area contributed by atoms with Gasteiger partial charge in [-0.25, -0.2) is 19.0 Å². The largest absolute Gasteiger partial charge is 0.480 e. The molecule has 0 aliphatic carbocycles. The molecule has 0 saturated carbocycles. The van der Waals surface area contributed by atoms with Crippen LogP contribution in [0.5, 0.6) is 0 Å². The molecule has 2 atom stereocenters. The fourth-order valence-corrected chi connectivity index (χ4v) is 4.38. The molecule has 1 aromatic heterocycles. The summed E-state index contributed by atoms with van der Waals surface area (Å²) in [5.74, 6) is -4.72. The zero-order chi connectivity index (χ0) is 24.0. The highest BCUT2D eigenvalue weighted by atomic mass is 35.5. The van der Waals surface area contributed by atoms with Gasteiger partial charge in [-0.1, -0.05) is 46.9 Å². The molecule has 3 aromatic rings. The van der Waals surface area contributed by atoms with Crippen LogP contribution < -0.4 is 0 Å². The first-order valence-corrected chi connectivity index (χ1v) is 10.5. The third kappa shape index (κ3) is 3.92. The van der Waals surface area contributed by atoms with Crippen LogP contribution in [-0.4, -0.2) is 49.0 Å². The number of aromatic carboxylic acids is 1. The Morgan fingerprint density at radius 2 is 1.73 bits per heavy atom. The lowest BCUT2D eigenvalue weighted by atomic mass is 9.89. The Balaban J connectivity index is 1.98. The van der Waals surface area contributed by atoms with Crippen LogP contribution >= 0.6 is 34.8 Å². The third-order valence-electron chi connectivity index (χ3n) is 5.34. The maximum absolute atomic E-state index is 15.1. The van der Waals surface area contributed by atoms with Gasteiger partial charge in [0.2, 0.25) is 0 Å². The second kappa shape index (κ2) is 8.66. The summed E-state index contributed by atoms with van der Waals surface area (Å²) in [6.07, 6.45) is 1.11. The van der Waals surface area contributed by atoms with Gasteiger partial charge in [-0.15, -0.1) is 0 Å². The van der Waals surface area contributed by atoms with Crippen LogP contribution in [0.25, 0.3) is 0 Å². The molecule has 0 radical (unpaired) electrons. The number of carbonyl (C=O) groups is 3. The fraction of sp³-hybridized carbons (Fsp3) is 0.143. The number of fused-ring (bicyclic) bond motifs is 1. The molecule has 4 rings (SSSR count). The van der Waals surface area contributed by atoms with Gasteiger partial charge in [0.15, 0.2) is 0 Å². The van der Waals surface area contributed by atoms with Crippen molar-refractivity contribution in [3.8, 4) is 0 Å². The number of carbonyl (C=O) groups excluding carboxylic acids is 1. The lowest BCUT2D eigenvalue weighted by molar-refractivity contribution is -0.143. The maximum atomic E-state index is 15.1. The monoisotopic (exact) mass is 511 g/mol. The Morgan fingerprint density at radius 1 is 1.06 bits per heavy atom. The molecule has 170 valence electrons. The van der Waals surface area contributed by atoms with Crippen molar-refractivity contribution in [3.05, 3.63) is 85.6 Å². The number of aromatic amines is 1. The summed E-state index contributed by atoms with van der Waals surface area (Å²) >= 11 is 17.9. The topological polar surface area (TPSA) is 124 Å². The van der Waals surface area contributed by atoms with Gasteiger partial charge >= 0.3 is 11.9 Å². The van der Waals surface area contributed by atoms with E-state index in [4.69, 9.17) is 34.8 Å². The van der Waals surface area contributed by atoms with Crippen molar-refractivity contribution < 1.29 is 29.0 Å². The number of halogens is 4. The predicted molar refractivity (Wildman–Crippen MR) is 117 cm³/mol. The van der Waals surface area contributed by atoms with Crippen LogP contribution in [0.3, 0.4) is 0 Å². The normalized spacial score (nSPS) is 17.5. The van der Waals surface area contributed by atoms with Gasteiger partial charge in [0.05, 0.1) is 43.9 Å². The van der Waals surface area contributed by atoms with Gasteiger partial charge in [-0.05, 0) is 18.2 Å². The van der Waals surface area contributed by atoms with Gasteiger partial charge in [0, 0.05) is 12.0 Å². The van der Waals surface area contributed by atoms with Crippen molar-refractivity contribution in [1.82, 2.24) is 14.9 Å². The molecule has 12 heteroatoms. The molecular formula is C21H13Cl3FN3O5. The number of carboxylic acids is 2. The molecule has 1 unspecified atom stereocenters. The number of imidazole rings is 1. The number of nitrogens with one attached hydrogen (secondary N) is 1. The summed E-state index contributed by atoms with van der Waals surface area (Å²) in [5, 5.41) is 19.1. The molecule has 0 bridgehead atoms. The molecule has 1 aliphatic rings. The molecular weight excluding hydrogens is 500 g/mol. The highest BCUT2D eigenvalue weighted by molar-refractivity contribution is 6.42. The number of rotatable bonds is 4. The predicted octanol–water partition coefficient (Wildman–Crippen LogP) is 4.45. The van der Waals surface area contributed by atoms with Crippen LogP contribution in [0.2, 0.25) is 15.1 Å². The second-order valence-electron chi connectivity index (χ2n) is 7.20. The Hall–Kier alpha value is -3.14. The molecule has 3 N–H and O–H groups in total. The molecule has 0 spiro atoms. The Kier molecular flexibility index (Phi) is 6.04. The first kappa shape index (κ1) is 23.0. The van der Waals surface area contributed by atoms with E-state index in [0.717, 1.165) is 17.0 Å². The van der Waals surface area contributed by atoms with Crippen molar-refractivity contribution in [3.63, 3.8) is 0 Å². The summed E-state index contributed by atoms with van der Waals surface area (Å²) in [6, 6.07) is 3.37. The van der Waals surface area contributed by atoms with E-state index in [9.17, 15) is 24.6 Å². The molecule has 2 aromatic carbocycles. The average Bonchev–Trinajstić information content (AvgIpc) is 3.24. The summed E-state index contributed by atoms with van der Waals surface area (Å²) in [5.41, 5.74) is -0.385. The van der Waals surface area contributed by atoms with Crippen LogP contribution in [-0.2, 0) is 11.2 Å². The first-order chi connectivity index (χ1) is 15.6. The molecule has 8 nitrogen and oxygen atoms in total. The second-order valence-corrected chi connectivity index (χ2v) is 8.42. The molecule has 0 fully saturated rings. The van der Waals surface area contributed by atoms with E-state index in [1.54, 1.807) is 0 Å². The summed E-state index contributed by atoms with van der Waals surface area (Å²) in [4.78, 5) is 45.6. The van der Waals surface area contributed by atoms with E-state index in [2.05, 4.69) is 9.97 Å². The van der Waals surface area contributed by atoms with Crippen molar-refractivity contribution in [2.24, 2.45) is 0 Å². The van der Waals surface area contributed by atoms with E-state index < -0.39 is 46.9 Å². The minimum atomic E-state index is -1.49. The number of H-pyrrole nitrogens is 1. The number of nitrogens with zero attached hydrogens (tertiary/aromatic N) is 2. The number of hydrogen-bond donors (Lipinski definition) is 3. The smallest absolute Gasteiger partial charge is 0.336 e. The van der Waals surface area contributed by atoms with Crippen molar-refractivity contribution >= 4 is 52.6 Å². The Bertz CT molecular complexity index is 1310. The number of amides is 1. The van der Waals surface area contributed by atoms with E-state index in [1.807, 2.05) is 0 Å². The quantitative estimate of drug-likeness (QED) is 0.475. The van der Waals surface area contributed by atoms with Gasteiger partial charge < -0.3 is 20.1 Å². The number of aliphatic carboxylic acids is 1. The highest BCUT2D eigenvalue weighted by Crippen LogP contribution is 2.40. The summed E-state index contributed by atoms with van der Waals surface area (Å²) < 4.78 is 15.1. The van der Waals surface area contributed by atoms with Crippen LogP contribution in [0.15, 0.2) is 36.7 Å². The van der Waals surface area contributed by atoms with Gasteiger partial charge in [0.1, 0.15) is 17.9 Å². The number of aromatic nitrogens is 2. The van der Waals surface area contributed by atoms with E-state index >= 15 is 4.39 Å². The maximum Gasteiger partial charge on any atom is 0.336 e. The number of carboxylic acid groups (broad SMARTS) is 2. The minimum absolute atomic E-state index is 0.0933. The summed E-state index contributed by atoms with van der Waals surface area (Å²) in [7, 11) is 0. The molecule has 2 heterocycles. The molecule has 1 amide bonds. The Morgan fingerprint density at radius 3 is 2.36 bits per heavy atom. The lowest BCUT2D eigenvalue weighted by Crippen LogP contribution is -2.52. The minimum Gasteiger partial charge on any atom is -0.480 e. The van der Waals surface area contributed by atoms with Crippen molar-refractivity contribution in [2.75, 3.05) is 0 Å². The zero-order valence-electron chi connectivity index (χ0n) is 16.4. The first-order valence-electron chi connectivity index (χ1n) is 9.35. The summed E-state index contributed by atoms with van der Waals surface area (Å²) in [6.45, 7) is 0. The average molecular weight is 513 g/mol. The highest BCUT2D eigenvalue weighted by Gasteiger charge is 2.45. The van der Waals surface area contributed by atoms with Gasteiger partial charge in [-0.3, -0.25) is 4.79 Å². The van der Waals surface area contributed by atoms with Gasteiger partial charge in [-0.2, -0.15) is 0 Å². The van der Waals surface area contributed by atoms with E-state index in [-0.39, 0.29) is 32.7 Å².